The van der Waals surface area contributed by atoms with Crippen molar-refractivity contribution in [2.45, 2.75) is 33.6 Å². The predicted molar refractivity (Wildman–Crippen MR) is 62.4 cm³/mol. The van der Waals surface area contributed by atoms with E-state index < -0.39 is 0 Å². The smallest absolute Gasteiger partial charge is 0.123 e. The monoisotopic (exact) mass is 208 g/mol. The molecule has 0 aliphatic carbocycles. The van der Waals surface area contributed by atoms with Crippen LogP contribution in [-0.4, -0.2) is 11.7 Å². The fourth-order valence-corrected chi connectivity index (χ4v) is 1.49. The molecule has 0 atom stereocenters. The van der Waals surface area contributed by atoms with E-state index in [1.807, 2.05) is 13.0 Å². The second-order valence-corrected chi connectivity index (χ2v) is 4.39. The molecule has 0 saturated carbocycles. The fraction of sp³-hybridized carbons (Fsp3) is 0.538. The van der Waals surface area contributed by atoms with E-state index in [0.717, 1.165) is 30.3 Å². The Labute approximate surface area is 91.9 Å². The van der Waals surface area contributed by atoms with Crippen LogP contribution in [0.2, 0.25) is 0 Å². The molecule has 0 aliphatic rings. The maximum atomic E-state index is 9.36. The van der Waals surface area contributed by atoms with E-state index in [-0.39, 0.29) is 5.75 Å². The fourth-order valence-electron chi connectivity index (χ4n) is 1.49. The molecule has 2 heteroatoms. The van der Waals surface area contributed by atoms with Gasteiger partial charge in [-0.05, 0) is 43.4 Å². The van der Waals surface area contributed by atoms with Crippen molar-refractivity contribution in [2.75, 3.05) is 6.61 Å². The summed E-state index contributed by atoms with van der Waals surface area (Å²) in [5.74, 6) is 1.75. The minimum atomic E-state index is 0.272. The molecule has 0 heterocycles. The lowest BCUT2D eigenvalue weighted by atomic mass is 10.1. The molecule has 1 aromatic rings. The molecule has 0 saturated heterocycles. The summed E-state index contributed by atoms with van der Waals surface area (Å²) in [7, 11) is 0. The van der Waals surface area contributed by atoms with Crippen molar-refractivity contribution >= 4 is 0 Å². The van der Waals surface area contributed by atoms with Gasteiger partial charge in [-0.15, -0.1) is 0 Å². The van der Waals surface area contributed by atoms with Gasteiger partial charge in [-0.2, -0.15) is 0 Å². The summed E-state index contributed by atoms with van der Waals surface area (Å²) in [4.78, 5) is 0. The lowest BCUT2D eigenvalue weighted by Gasteiger charge is -2.08. The average molecular weight is 208 g/mol. The molecule has 0 unspecified atom stereocenters. The number of aromatic hydroxyl groups is 1. The highest BCUT2D eigenvalue weighted by Gasteiger charge is 1.99. The largest absolute Gasteiger partial charge is 0.508 e. The third-order valence-corrected chi connectivity index (χ3v) is 2.23. The van der Waals surface area contributed by atoms with Crippen LogP contribution in [0.5, 0.6) is 11.5 Å². The summed E-state index contributed by atoms with van der Waals surface area (Å²) in [6.45, 7) is 7.08. The Morgan fingerprint density at radius 2 is 2.00 bits per heavy atom. The van der Waals surface area contributed by atoms with Gasteiger partial charge in [0, 0.05) is 6.07 Å². The number of rotatable bonds is 5. The molecule has 0 spiro atoms. The number of phenols is 1. The Morgan fingerprint density at radius 1 is 1.27 bits per heavy atom. The quantitative estimate of drug-likeness (QED) is 0.750. The van der Waals surface area contributed by atoms with Gasteiger partial charge in [-0.1, -0.05) is 13.8 Å². The summed E-state index contributed by atoms with van der Waals surface area (Å²) < 4.78 is 5.56. The second kappa shape index (κ2) is 5.64. The number of hydrogen-bond acceptors (Lipinski definition) is 2. The molecule has 0 aliphatic heterocycles. The zero-order valence-corrected chi connectivity index (χ0v) is 9.79. The molecule has 84 valence electrons. The van der Waals surface area contributed by atoms with Crippen molar-refractivity contribution < 1.29 is 9.84 Å². The molecular formula is C13H20O2. The van der Waals surface area contributed by atoms with E-state index in [2.05, 4.69) is 13.8 Å². The minimum absolute atomic E-state index is 0.272. The Balaban J connectivity index is 2.37. The molecule has 0 bridgehead atoms. The van der Waals surface area contributed by atoms with Crippen molar-refractivity contribution in [3.05, 3.63) is 23.8 Å². The molecule has 1 rings (SSSR count). The molecule has 2 nitrogen and oxygen atoms in total. The Morgan fingerprint density at radius 3 is 2.60 bits per heavy atom. The van der Waals surface area contributed by atoms with Crippen LogP contribution in [0.15, 0.2) is 18.2 Å². The van der Waals surface area contributed by atoms with Gasteiger partial charge in [0.25, 0.3) is 0 Å². The Bertz CT molecular complexity index is 285. The molecule has 0 aromatic heterocycles. The van der Waals surface area contributed by atoms with Crippen LogP contribution < -0.4 is 4.74 Å². The molecule has 0 fully saturated rings. The maximum absolute atomic E-state index is 9.36. The average Bonchev–Trinajstić information content (AvgIpc) is 2.10. The van der Waals surface area contributed by atoms with Gasteiger partial charge in [0.15, 0.2) is 0 Å². The predicted octanol–water partition coefficient (Wildman–Crippen LogP) is 3.52. The Hall–Kier alpha value is -1.18. The summed E-state index contributed by atoms with van der Waals surface area (Å²) >= 11 is 0. The zero-order chi connectivity index (χ0) is 11.3. The number of aryl methyl sites for hydroxylation is 1. The van der Waals surface area contributed by atoms with E-state index >= 15 is 0 Å². The van der Waals surface area contributed by atoms with Crippen LogP contribution in [0.25, 0.3) is 0 Å². The minimum Gasteiger partial charge on any atom is -0.508 e. The van der Waals surface area contributed by atoms with Gasteiger partial charge in [0.2, 0.25) is 0 Å². The first-order valence-electron chi connectivity index (χ1n) is 5.51. The highest BCUT2D eigenvalue weighted by atomic mass is 16.5. The van der Waals surface area contributed by atoms with Gasteiger partial charge in [0.1, 0.15) is 11.5 Å². The van der Waals surface area contributed by atoms with Crippen LogP contribution >= 0.6 is 0 Å². The summed E-state index contributed by atoms with van der Waals surface area (Å²) in [5, 5.41) is 9.36. The molecule has 1 aromatic carbocycles. The SMILES string of the molecule is Cc1cc(O)cc(OCCCC(C)C)c1. The summed E-state index contributed by atoms with van der Waals surface area (Å²) in [5.41, 5.74) is 1.02. The first-order valence-corrected chi connectivity index (χ1v) is 5.51. The van der Waals surface area contributed by atoms with Crippen LogP contribution in [0.4, 0.5) is 0 Å². The van der Waals surface area contributed by atoms with Crippen molar-refractivity contribution in [3.63, 3.8) is 0 Å². The molecular weight excluding hydrogens is 188 g/mol. The summed E-state index contributed by atoms with van der Waals surface area (Å²) in [6, 6.07) is 5.32. The Kier molecular flexibility index (Phi) is 4.47. The van der Waals surface area contributed by atoms with E-state index in [1.165, 1.54) is 6.42 Å². The molecule has 15 heavy (non-hydrogen) atoms. The third kappa shape index (κ3) is 4.73. The van der Waals surface area contributed by atoms with Crippen molar-refractivity contribution in [1.29, 1.82) is 0 Å². The van der Waals surface area contributed by atoms with Gasteiger partial charge >= 0.3 is 0 Å². The van der Waals surface area contributed by atoms with E-state index in [1.54, 1.807) is 12.1 Å². The topological polar surface area (TPSA) is 29.5 Å². The van der Waals surface area contributed by atoms with E-state index in [4.69, 9.17) is 4.74 Å². The third-order valence-electron chi connectivity index (χ3n) is 2.23. The maximum Gasteiger partial charge on any atom is 0.123 e. The van der Waals surface area contributed by atoms with Crippen molar-refractivity contribution in [3.8, 4) is 11.5 Å². The standard InChI is InChI=1S/C13H20O2/c1-10(2)5-4-6-15-13-8-11(3)7-12(14)9-13/h7-10,14H,4-6H2,1-3H3. The van der Waals surface area contributed by atoms with Gasteiger partial charge < -0.3 is 9.84 Å². The lowest BCUT2D eigenvalue weighted by molar-refractivity contribution is 0.296. The number of ether oxygens (including phenoxy) is 1. The molecule has 1 N–H and O–H groups in total. The zero-order valence-electron chi connectivity index (χ0n) is 9.79. The normalized spacial score (nSPS) is 10.7. The van der Waals surface area contributed by atoms with Crippen LogP contribution in [0.3, 0.4) is 0 Å². The van der Waals surface area contributed by atoms with Crippen LogP contribution in [0.1, 0.15) is 32.3 Å². The molecule has 0 radical (unpaired) electrons. The van der Waals surface area contributed by atoms with Crippen LogP contribution in [-0.2, 0) is 0 Å². The van der Waals surface area contributed by atoms with Gasteiger partial charge in [-0.3, -0.25) is 0 Å². The van der Waals surface area contributed by atoms with Crippen molar-refractivity contribution in [2.24, 2.45) is 5.92 Å². The van der Waals surface area contributed by atoms with Gasteiger partial charge in [0.05, 0.1) is 6.61 Å². The van der Waals surface area contributed by atoms with E-state index in [0.29, 0.717) is 0 Å². The lowest BCUT2D eigenvalue weighted by Crippen LogP contribution is -1.99. The highest BCUT2D eigenvalue weighted by Crippen LogP contribution is 2.21. The first-order chi connectivity index (χ1) is 7.08. The first kappa shape index (κ1) is 11.9. The second-order valence-electron chi connectivity index (χ2n) is 4.39. The van der Waals surface area contributed by atoms with Crippen LogP contribution in [0, 0.1) is 12.8 Å². The number of benzene rings is 1. The number of phenolic OH excluding ortho intramolecular Hbond substituents is 1. The summed E-state index contributed by atoms with van der Waals surface area (Å²) in [6.07, 6.45) is 2.24. The highest BCUT2D eigenvalue weighted by molar-refractivity contribution is 5.36. The van der Waals surface area contributed by atoms with Crippen molar-refractivity contribution in [1.82, 2.24) is 0 Å². The molecule has 0 amide bonds. The number of hydrogen-bond donors (Lipinski definition) is 1. The van der Waals surface area contributed by atoms with E-state index in [9.17, 15) is 5.11 Å². The van der Waals surface area contributed by atoms with Gasteiger partial charge in [-0.25, -0.2) is 0 Å².